The number of rotatable bonds is 7. The summed E-state index contributed by atoms with van der Waals surface area (Å²) in [6.07, 6.45) is -1.44. The normalized spacial score (nSPS) is 15.3. The second kappa shape index (κ2) is 9.57. The van der Waals surface area contributed by atoms with Gasteiger partial charge in [0.05, 0.1) is 16.2 Å². The largest absolute Gasteiger partial charge is 0.411 e. The zero-order chi connectivity index (χ0) is 23.6. The number of hydrogen-bond acceptors (Lipinski definition) is 8. The molecule has 0 saturated carbocycles. The molecule has 1 amide bonds. The number of piperazine rings is 1. The van der Waals surface area contributed by atoms with Gasteiger partial charge < -0.3 is 9.32 Å². The molecule has 0 N–H and O–H groups in total. The number of sulfonamides is 1. The quantitative estimate of drug-likeness (QED) is 0.455. The number of thioether (sulfide) groups is 1. The lowest BCUT2D eigenvalue weighted by Crippen LogP contribution is -2.50. The lowest BCUT2D eigenvalue weighted by molar-refractivity contribution is -0.129. The SMILES string of the molecule is Cn1cc(-c2nnc(SCC(=O)N3CCN(S(=O)(=O)c4ccccc4)CC3)o2)c(C(F)F)n1. The van der Waals surface area contributed by atoms with Crippen LogP contribution in [0.4, 0.5) is 8.78 Å². The summed E-state index contributed by atoms with van der Waals surface area (Å²) in [7, 11) is -2.10. The van der Waals surface area contributed by atoms with Crippen LogP contribution in [0.5, 0.6) is 0 Å². The Labute approximate surface area is 192 Å². The molecule has 0 radical (unpaired) electrons. The van der Waals surface area contributed by atoms with Crippen molar-refractivity contribution in [1.29, 1.82) is 0 Å². The fourth-order valence-corrected chi connectivity index (χ4v) is 5.45. The molecule has 1 aliphatic rings. The van der Waals surface area contributed by atoms with Crippen molar-refractivity contribution in [2.45, 2.75) is 16.5 Å². The third-order valence-electron chi connectivity index (χ3n) is 4.99. The van der Waals surface area contributed by atoms with E-state index in [0.717, 1.165) is 11.8 Å². The Hall–Kier alpha value is -2.84. The molecular formula is C19H20F2N6O4S2. The van der Waals surface area contributed by atoms with Crippen LogP contribution >= 0.6 is 11.8 Å². The van der Waals surface area contributed by atoms with Crippen LogP contribution in [-0.4, -0.2) is 75.4 Å². The zero-order valence-corrected chi connectivity index (χ0v) is 19.1. The molecular weight excluding hydrogens is 478 g/mol. The van der Waals surface area contributed by atoms with Crippen molar-refractivity contribution in [3.63, 3.8) is 0 Å². The van der Waals surface area contributed by atoms with E-state index in [1.807, 2.05) is 0 Å². The molecule has 33 heavy (non-hydrogen) atoms. The van der Waals surface area contributed by atoms with Crippen molar-refractivity contribution in [3.05, 3.63) is 42.2 Å². The molecule has 1 fully saturated rings. The Morgan fingerprint density at radius 2 is 1.85 bits per heavy atom. The van der Waals surface area contributed by atoms with E-state index >= 15 is 0 Å². The lowest BCUT2D eigenvalue weighted by atomic mass is 10.2. The molecule has 1 saturated heterocycles. The molecule has 3 aromatic rings. The molecule has 0 unspecified atom stereocenters. The first-order valence-electron chi connectivity index (χ1n) is 9.87. The number of amides is 1. The van der Waals surface area contributed by atoms with Gasteiger partial charge in [0.25, 0.3) is 17.5 Å². The summed E-state index contributed by atoms with van der Waals surface area (Å²) >= 11 is 0.984. The summed E-state index contributed by atoms with van der Waals surface area (Å²) in [4.78, 5) is 14.3. The predicted molar refractivity (Wildman–Crippen MR) is 114 cm³/mol. The minimum absolute atomic E-state index is 0.0121. The average molecular weight is 499 g/mol. The number of halogens is 2. The van der Waals surface area contributed by atoms with Gasteiger partial charge in [-0.25, -0.2) is 17.2 Å². The minimum atomic E-state index is -3.60. The number of alkyl halides is 2. The Morgan fingerprint density at radius 1 is 1.15 bits per heavy atom. The Morgan fingerprint density at radius 3 is 2.52 bits per heavy atom. The summed E-state index contributed by atoms with van der Waals surface area (Å²) in [6.45, 7) is 0.896. The molecule has 4 rings (SSSR count). The maximum Gasteiger partial charge on any atom is 0.282 e. The smallest absolute Gasteiger partial charge is 0.282 e. The maximum atomic E-state index is 13.1. The molecule has 2 aromatic heterocycles. The Kier molecular flexibility index (Phi) is 6.76. The van der Waals surface area contributed by atoms with Crippen molar-refractivity contribution in [1.82, 2.24) is 29.2 Å². The topological polar surface area (TPSA) is 114 Å². The number of carbonyl (C=O) groups is 1. The van der Waals surface area contributed by atoms with Gasteiger partial charge in [-0.3, -0.25) is 9.48 Å². The van der Waals surface area contributed by atoms with Crippen molar-refractivity contribution in [2.24, 2.45) is 7.05 Å². The fraction of sp³-hybridized carbons (Fsp3) is 0.368. The van der Waals surface area contributed by atoms with Crippen LogP contribution < -0.4 is 0 Å². The van der Waals surface area contributed by atoms with E-state index in [1.54, 1.807) is 23.1 Å². The number of hydrogen-bond donors (Lipinski definition) is 0. The van der Waals surface area contributed by atoms with Crippen LogP contribution in [0.1, 0.15) is 12.1 Å². The first kappa shape index (κ1) is 23.3. The van der Waals surface area contributed by atoms with Gasteiger partial charge in [0.2, 0.25) is 15.9 Å². The number of nitrogens with zero attached hydrogens (tertiary/aromatic N) is 6. The summed E-state index contributed by atoms with van der Waals surface area (Å²) < 4.78 is 59.7. The van der Waals surface area contributed by atoms with E-state index in [4.69, 9.17) is 4.42 Å². The highest BCUT2D eigenvalue weighted by molar-refractivity contribution is 7.99. The standard InChI is InChI=1S/C19H20F2N6O4S2/c1-25-11-14(16(24-25)17(20)21)18-22-23-19(31-18)32-12-15(28)26-7-9-27(10-8-26)33(29,30)13-5-3-2-4-6-13/h2-6,11,17H,7-10,12H2,1H3. The lowest BCUT2D eigenvalue weighted by Gasteiger charge is -2.33. The molecule has 0 bridgehead atoms. The molecule has 0 atom stereocenters. The molecule has 176 valence electrons. The monoisotopic (exact) mass is 498 g/mol. The first-order chi connectivity index (χ1) is 15.8. The average Bonchev–Trinajstić information content (AvgIpc) is 3.44. The zero-order valence-electron chi connectivity index (χ0n) is 17.5. The Balaban J connectivity index is 1.32. The van der Waals surface area contributed by atoms with Crippen molar-refractivity contribution in [2.75, 3.05) is 31.9 Å². The predicted octanol–water partition coefficient (Wildman–Crippen LogP) is 2.03. The second-order valence-electron chi connectivity index (χ2n) is 7.16. The molecule has 0 spiro atoms. The second-order valence-corrected chi connectivity index (χ2v) is 10.0. The van der Waals surface area contributed by atoms with Crippen molar-refractivity contribution >= 4 is 27.7 Å². The van der Waals surface area contributed by atoms with Gasteiger partial charge in [-0.15, -0.1) is 10.2 Å². The molecule has 14 heteroatoms. The van der Waals surface area contributed by atoms with Crippen LogP contribution in [0.15, 0.2) is 51.1 Å². The van der Waals surface area contributed by atoms with E-state index in [2.05, 4.69) is 15.3 Å². The number of aromatic nitrogens is 4. The molecule has 10 nitrogen and oxygen atoms in total. The summed E-state index contributed by atoms with van der Waals surface area (Å²) in [5.74, 6) is -0.332. The van der Waals surface area contributed by atoms with Gasteiger partial charge in [0, 0.05) is 39.4 Å². The number of benzene rings is 1. The van der Waals surface area contributed by atoms with Gasteiger partial charge >= 0.3 is 0 Å². The highest BCUT2D eigenvalue weighted by Gasteiger charge is 2.30. The van der Waals surface area contributed by atoms with E-state index in [-0.39, 0.29) is 59.4 Å². The first-order valence-corrected chi connectivity index (χ1v) is 12.3. The highest BCUT2D eigenvalue weighted by atomic mass is 32.2. The number of aryl methyl sites for hydroxylation is 1. The van der Waals surface area contributed by atoms with E-state index in [1.165, 1.54) is 34.4 Å². The van der Waals surface area contributed by atoms with E-state index in [9.17, 15) is 22.0 Å². The van der Waals surface area contributed by atoms with E-state index in [0.29, 0.717) is 0 Å². The number of carbonyl (C=O) groups excluding carboxylic acids is 1. The summed E-state index contributed by atoms with van der Waals surface area (Å²) in [5, 5.41) is 11.3. The van der Waals surface area contributed by atoms with Crippen molar-refractivity contribution in [3.8, 4) is 11.5 Å². The van der Waals surface area contributed by atoms with E-state index < -0.39 is 22.1 Å². The minimum Gasteiger partial charge on any atom is -0.411 e. The van der Waals surface area contributed by atoms with Crippen molar-refractivity contribution < 1.29 is 26.4 Å². The molecule has 3 heterocycles. The third kappa shape index (κ3) is 5.07. The molecule has 1 aromatic carbocycles. The van der Waals surface area contributed by atoms with Gasteiger partial charge in [-0.05, 0) is 12.1 Å². The molecule has 0 aliphatic carbocycles. The summed E-state index contributed by atoms with van der Waals surface area (Å²) in [5.41, 5.74) is -0.425. The van der Waals surface area contributed by atoms with Gasteiger partial charge in [-0.1, -0.05) is 30.0 Å². The van der Waals surface area contributed by atoms with Crippen LogP contribution in [0.3, 0.4) is 0 Å². The maximum absolute atomic E-state index is 13.1. The fourth-order valence-electron chi connectivity index (χ4n) is 3.34. The van der Waals surface area contributed by atoms with Gasteiger partial charge in [0.15, 0.2) is 0 Å². The molecule has 1 aliphatic heterocycles. The van der Waals surface area contributed by atoms with Crippen LogP contribution in [0.25, 0.3) is 11.5 Å². The third-order valence-corrected chi connectivity index (χ3v) is 7.71. The summed E-state index contributed by atoms with van der Waals surface area (Å²) in [6, 6.07) is 8.15. The van der Waals surface area contributed by atoms with Crippen LogP contribution in [0, 0.1) is 0 Å². The Bertz CT molecular complexity index is 1220. The van der Waals surface area contributed by atoms with Gasteiger partial charge in [0.1, 0.15) is 5.69 Å². The van der Waals surface area contributed by atoms with Crippen LogP contribution in [-0.2, 0) is 21.9 Å². The highest BCUT2D eigenvalue weighted by Crippen LogP contribution is 2.30. The van der Waals surface area contributed by atoms with Gasteiger partial charge in [-0.2, -0.15) is 9.40 Å². The van der Waals surface area contributed by atoms with Crippen LogP contribution in [0.2, 0.25) is 0 Å².